The number of hydrogen-bond donors (Lipinski definition) is 1. The molecule has 0 fully saturated rings. The van der Waals surface area contributed by atoms with Crippen molar-refractivity contribution < 1.29 is 4.79 Å². The fraction of sp³-hybridized carbons (Fsp3) is 0.167. The van der Waals surface area contributed by atoms with Crippen LogP contribution in [-0.4, -0.2) is 20.7 Å². The number of pyridine rings is 1. The molecule has 2 aromatic heterocycles. The normalized spacial score (nSPS) is 11.8. The van der Waals surface area contributed by atoms with Crippen LogP contribution in [0.2, 0.25) is 0 Å². The van der Waals surface area contributed by atoms with E-state index >= 15 is 0 Å². The lowest BCUT2D eigenvalue weighted by molar-refractivity contribution is -0.119. The maximum Gasteiger partial charge on any atom is 0.267 e. The summed E-state index contributed by atoms with van der Waals surface area (Å²) in [5.74, 6) is -0.304. The summed E-state index contributed by atoms with van der Waals surface area (Å²) in [4.78, 5) is 27.3. The van der Waals surface area contributed by atoms with E-state index in [0.29, 0.717) is 5.69 Å². The first-order chi connectivity index (χ1) is 8.68. The number of amides is 1. The van der Waals surface area contributed by atoms with Gasteiger partial charge in [0.15, 0.2) is 0 Å². The lowest BCUT2D eigenvalue weighted by Gasteiger charge is -2.13. The van der Waals surface area contributed by atoms with E-state index in [0.717, 1.165) is 4.68 Å². The molecule has 0 aromatic carbocycles. The van der Waals surface area contributed by atoms with Crippen molar-refractivity contribution in [3.63, 3.8) is 0 Å². The van der Waals surface area contributed by atoms with Crippen LogP contribution in [0.1, 0.15) is 13.0 Å². The third-order valence-electron chi connectivity index (χ3n) is 2.44. The number of hydrogen-bond acceptors (Lipinski definition) is 4. The molecule has 18 heavy (non-hydrogen) atoms. The molecule has 2 aromatic rings. The van der Waals surface area contributed by atoms with Crippen molar-refractivity contribution in [3.05, 3.63) is 53.2 Å². The highest BCUT2D eigenvalue weighted by Crippen LogP contribution is 2.08. The van der Waals surface area contributed by atoms with E-state index in [2.05, 4.69) is 15.4 Å². The van der Waals surface area contributed by atoms with Gasteiger partial charge in [0.2, 0.25) is 5.91 Å². The van der Waals surface area contributed by atoms with E-state index in [-0.39, 0.29) is 11.5 Å². The van der Waals surface area contributed by atoms with Gasteiger partial charge in [0.1, 0.15) is 6.04 Å². The molecule has 0 aliphatic carbocycles. The van der Waals surface area contributed by atoms with Gasteiger partial charge >= 0.3 is 0 Å². The molecule has 1 unspecified atom stereocenters. The zero-order chi connectivity index (χ0) is 13.0. The van der Waals surface area contributed by atoms with Gasteiger partial charge in [-0.05, 0) is 25.1 Å². The molecule has 0 bridgehead atoms. The molecule has 0 spiro atoms. The quantitative estimate of drug-likeness (QED) is 0.867. The molecule has 2 rings (SSSR count). The van der Waals surface area contributed by atoms with Crippen LogP contribution in [0.25, 0.3) is 0 Å². The SMILES string of the molecule is CC(C(=O)Nc1ccncc1)n1ncccc1=O. The number of carbonyl (C=O) groups excluding carboxylic acids is 1. The van der Waals surface area contributed by atoms with E-state index in [9.17, 15) is 9.59 Å². The Morgan fingerprint density at radius 2 is 2.00 bits per heavy atom. The topological polar surface area (TPSA) is 76.9 Å². The summed E-state index contributed by atoms with van der Waals surface area (Å²) < 4.78 is 1.14. The zero-order valence-corrected chi connectivity index (χ0v) is 9.78. The molecule has 0 radical (unpaired) electrons. The maximum absolute atomic E-state index is 11.9. The van der Waals surface area contributed by atoms with Crippen molar-refractivity contribution in [1.82, 2.24) is 14.8 Å². The molecule has 92 valence electrons. The van der Waals surface area contributed by atoms with Crippen LogP contribution in [0.4, 0.5) is 5.69 Å². The Morgan fingerprint density at radius 1 is 1.28 bits per heavy atom. The summed E-state index contributed by atoms with van der Waals surface area (Å²) in [5.41, 5.74) is 0.320. The third kappa shape index (κ3) is 2.60. The Bertz CT molecular complexity index is 594. The van der Waals surface area contributed by atoms with Gasteiger partial charge in [-0.1, -0.05) is 0 Å². The Morgan fingerprint density at radius 3 is 2.67 bits per heavy atom. The van der Waals surface area contributed by atoms with Crippen molar-refractivity contribution in [3.8, 4) is 0 Å². The number of rotatable bonds is 3. The van der Waals surface area contributed by atoms with Crippen LogP contribution in [0, 0.1) is 0 Å². The van der Waals surface area contributed by atoms with Crippen molar-refractivity contribution >= 4 is 11.6 Å². The van der Waals surface area contributed by atoms with Crippen LogP contribution in [-0.2, 0) is 4.79 Å². The third-order valence-corrected chi connectivity index (χ3v) is 2.44. The first kappa shape index (κ1) is 12.0. The van der Waals surface area contributed by atoms with Gasteiger partial charge in [-0.2, -0.15) is 5.10 Å². The molecule has 1 atom stereocenters. The van der Waals surface area contributed by atoms with E-state index in [1.54, 1.807) is 31.5 Å². The van der Waals surface area contributed by atoms with Gasteiger partial charge in [0, 0.05) is 30.3 Å². The number of carbonyl (C=O) groups is 1. The Labute approximate surface area is 103 Å². The Hall–Kier alpha value is -2.50. The number of nitrogens with one attached hydrogen (secondary N) is 1. The molecular weight excluding hydrogens is 232 g/mol. The predicted molar refractivity (Wildman–Crippen MR) is 66.1 cm³/mol. The second-order valence-electron chi connectivity index (χ2n) is 3.71. The highest BCUT2D eigenvalue weighted by molar-refractivity contribution is 5.93. The van der Waals surface area contributed by atoms with Crippen LogP contribution in [0.5, 0.6) is 0 Å². The summed E-state index contributed by atoms with van der Waals surface area (Å²) in [7, 11) is 0. The molecule has 6 heteroatoms. The minimum Gasteiger partial charge on any atom is -0.324 e. The lowest BCUT2D eigenvalue weighted by Crippen LogP contribution is -2.32. The molecule has 0 aliphatic rings. The molecule has 1 amide bonds. The molecule has 0 aliphatic heterocycles. The van der Waals surface area contributed by atoms with Crippen LogP contribution < -0.4 is 10.9 Å². The maximum atomic E-state index is 11.9. The summed E-state index contributed by atoms with van der Waals surface area (Å²) >= 11 is 0. The standard InChI is InChI=1S/C12H12N4O2/c1-9(16-11(17)3-2-6-14-16)12(18)15-10-4-7-13-8-5-10/h2-9H,1H3,(H,13,15,18). The van der Waals surface area contributed by atoms with Gasteiger partial charge in [0.25, 0.3) is 5.56 Å². The highest BCUT2D eigenvalue weighted by Gasteiger charge is 2.16. The summed E-state index contributed by atoms with van der Waals surface area (Å²) in [6, 6.07) is 5.57. The van der Waals surface area contributed by atoms with E-state index in [1.165, 1.54) is 18.3 Å². The number of aromatic nitrogens is 3. The van der Waals surface area contributed by atoms with Gasteiger partial charge < -0.3 is 5.32 Å². The van der Waals surface area contributed by atoms with Gasteiger partial charge in [0.05, 0.1) is 0 Å². The van der Waals surface area contributed by atoms with Crippen molar-refractivity contribution in [2.45, 2.75) is 13.0 Å². The number of nitrogens with zero attached hydrogens (tertiary/aromatic N) is 3. The van der Waals surface area contributed by atoms with Crippen molar-refractivity contribution in [2.75, 3.05) is 5.32 Å². The average molecular weight is 244 g/mol. The van der Waals surface area contributed by atoms with Crippen LogP contribution in [0.15, 0.2) is 47.7 Å². The van der Waals surface area contributed by atoms with Gasteiger partial charge in [-0.3, -0.25) is 14.6 Å². The van der Waals surface area contributed by atoms with Crippen molar-refractivity contribution in [1.29, 1.82) is 0 Å². The highest BCUT2D eigenvalue weighted by atomic mass is 16.2. The zero-order valence-electron chi connectivity index (χ0n) is 9.78. The molecule has 2 heterocycles. The monoisotopic (exact) mass is 244 g/mol. The number of anilines is 1. The van der Waals surface area contributed by atoms with Crippen molar-refractivity contribution in [2.24, 2.45) is 0 Å². The molecule has 0 saturated carbocycles. The molecule has 1 N–H and O–H groups in total. The second kappa shape index (κ2) is 5.22. The average Bonchev–Trinajstić information content (AvgIpc) is 2.39. The fourth-order valence-electron chi connectivity index (χ4n) is 1.45. The van der Waals surface area contributed by atoms with E-state index < -0.39 is 6.04 Å². The Balaban J connectivity index is 2.15. The van der Waals surface area contributed by atoms with Crippen LogP contribution >= 0.6 is 0 Å². The summed E-state index contributed by atoms with van der Waals surface area (Å²) in [6.45, 7) is 1.62. The minimum atomic E-state index is -0.674. The minimum absolute atomic E-state index is 0.304. The first-order valence-corrected chi connectivity index (χ1v) is 5.43. The van der Waals surface area contributed by atoms with Gasteiger partial charge in [-0.15, -0.1) is 0 Å². The summed E-state index contributed by atoms with van der Waals surface area (Å²) in [6.07, 6.45) is 4.62. The smallest absolute Gasteiger partial charge is 0.267 e. The van der Waals surface area contributed by atoms with Gasteiger partial charge in [-0.25, -0.2) is 4.68 Å². The fourth-order valence-corrected chi connectivity index (χ4v) is 1.45. The predicted octanol–water partition coefficient (Wildman–Crippen LogP) is 0.838. The molecule has 6 nitrogen and oxygen atoms in total. The first-order valence-electron chi connectivity index (χ1n) is 5.43. The second-order valence-corrected chi connectivity index (χ2v) is 3.71. The molecular formula is C12H12N4O2. The largest absolute Gasteiger partial charge is 0.324 e. The Kier molecular flexibility index (Phi) is 3.47. The lowest BCUT2D eigenvalue weighted by atomic mass is 10.3. The summed E-state index contributed by atoms with van der Waals surface area (Å²) in [5, 5.41) is 6.56. The van der Waals surface area contributed by atoms with E-state index in [4.69, 9.17) is 0 Å². The molecule has 0 saturated heterocycles. The van der Waals surface area contributed by atoms with E-state index in [1.807, 2.05) is 0 Å². The van der Waals surface area contributed by atoms with Crippen LogP contribution in [0.3, 0.4) is 0 Å².